The van der Waals surface area contributed by atoms with E-state index in [1.807, 2.05) is 6.07 Å². The second-order valence-electron chi connectivity index (χ2n) is 5.65. The van der Waals surface area contributed by atoms with Crippen LogP contribution >= 0.6 is 27.5 Å². The molecule has 1 aromatic carbocycles. The highest BCUT2D eigenvalue weighted by Crippen LogP contribution is 2.42. The molecule has 1 N–H and O–H groups in total. The number of benzene rings is 1. The average Bonchev–Trinajstić information content (AvgIpc) is 3.24. The van der Waals surface area contributed by atoms with Gasteiger partial charge in [-0.3, -0.25) is 4.90 Å². The molecule has 2 nitrogen and oxygen atoms in total. The van der Waals surface area contributed by atoms with Crippen LogP contribution in [0.15, 0.2) is 22.7 Å². The Morgan fingerprint density at radius 1 is 1.32 bits per heavy atom. The van der Waals surface area contributed by atoms with Crippen LogP contribution in [-0.4, -0.2) is 31.1 Å². The molecule has 1 saturated carbocycles. The largest absolute Gasteiger partial charge is 0.314 e. The number of hydrogen-bond donors (Lipinski definition) is 1. The van der Waals surface area contributed by atoms with Crippen molar-refractivity contribution in [2.24, 2.45) is 5.92 Å². The topological polar surface area (TPSA) is 15.3 Å². The maximum atomic E-state index is 6.20. The Labute approximate surface area is 128 Å². The fraction of sp³-hybridized carbons (Fsp3) is 0.600. The van der Waals surface area contributed by atoms with Gasteiger partial charge < -0.3 is 5.32 Å². The van der Waals surface area contributed by atoms with Crippen molar-refractivity contribution < 1.29 is 0 Å². The summed E-state index contributed by atoms with van der Waals surface area (Å²) in [6.45, 7) is 4.46. The van der Waals surface area contributed by atoms with E-state index < -0.39 is 0 Å². The van der Waals surface area contributed by atoms with Gasteiger partial charge in [0.2, 0.25) is 0 Å². The van der Waals surface area contributed by atoms with Gasteiger partial charge in [-0.2, -0.15) is 0 Å². The number of piperazine rings is 1. The summed E-state index contributed by atoms with van der Waals surface area (Å²) in [7, 11) is 0. The summed E-state index contributed by atoms with van der Waals surface area (Å²) in [6.07, 6.45) is 4.08. The van der Waals surface area contributed by atoms with Crippen LogP contribution in [0.1, 0.15) is 30.9 Å². The van der Waals surface area contributed by atoms with Crippen LogP contribution in [-0.2, 0) is 0 Å². The molecule has 1 aliphatic heterocycles. The molecule has 4 heteroatoms. The molecule has 0 bridgehead atoms. The predicted octanol–water partition coefficient (Wildman–Crippen LogP) is 3.85. The van der Waals surface area contributed by atoms with E-state index in [4.69, 9.17) is 11.6 Å². The Morgan fingerprint density at radius 3 is 2.74 bits per heavy atom. The molecule has 0 unspecified atom stereocenters. The van der Waals surface area contributed by atoms with E-state index in [2.05, 4.69) is 38.3 Å². The lowest BCUT2D eigenvalue weighted by atomic mass is 9.98. The Hall–Kier alpha value is -0.0900. The molecule has 0 aromatic heterocycles. The molecular weight excluding hydrogens is 324 g/mol. The first kappa shape index (κ1) is 13.9. The van der Waals surface area contributed by atoms with Crippen molar-refractivity contribution in [2.75, 3.05) is 26.2 Å². The molecule has 2 aliphatic rings. The van der Waals surface area contributed by atoms with Crippen molar-refractivity contribution in [2.45, 2.75) is 25.3 Å². The minimum Gasteiger partial charge on any atom is -0.314 e. The minimum atomic E-state index is 0.516. The van der Waals surface area contributed by atoms with E-state index in [9.17, 15) is 0 Å². The Morgan fingerprint density at radius 2 is 2.05 bits per heavy atom. The van der Waals surface area contributed by atoms with Crippen molar-refractivity contribution in [1.29, 1.82) is 0 Å². The molecule has 1 atom stereocenters. The maximum Gasteiger partial charge on any atom is 0.0410 e. The third-order valence-corrected chi connectivity index (χ3v) is 5.12. The molecule has 2 fully saturated rings. The number of nitrogens with one attached hydrogen (secondary N) is 1. The molecule has 1 aromatic rings. The Balaban J connectivity index is 1.85. The lowest BCUT2D eigenvalue weighted by Crippen LogP contribution is -2.45. The monoisotopic (exact) mass is 342 g/mol. The number of halogens is 2. The summed E-state index contributed by atoms with van der Waals surface area (Å²) < 4.78 is 1.20. The molecule has 1 aliphatic carbocycles. The van der Waals surface area contributed by atoms with E-state index in [0.717, 1.165) is 37.1 Å². The zero-order chi connectivity index (χ0) is 13.2. The second-order valence-corrected chi connectivity index (χ2v) is 6.94. The van der Waals surface area contributed by atoms with Crippen molar-refractivity contribution >= 4 is 27.5 Å². The van der Waals surface area contributed by atoms with Crippen LogP contribution in [0.5, 0.6) is 0 Å². The van der Waals surface area contributed by atoms with Gasteiger partial charge in [-0.05, 0) is 36.1 Å². The lowest BCUT2D eigenvalue weighted by Gasteiger charge is -2.36. The molecule has 3 rings (SSSR count). The van der Waals surface area contributed by atoms with Crippen LogP contribution in [0, 0.1) is 5.92 Å². The summed E-state index contributed by atoms with van der Waals surface area (Å²) in [6, 6.07) is 6.70. The van der Waals surface area contributed by atoms with Crippen LogP contribution in [0.3, 0.4) is 0 Å². The Bertz CT molecular complexity index is 442. The smallest absolute Gasteiger partial charge is 0.0410 e. The van der Waals surface area contributed by atoms with Gasteiger partial charge in [0.05, 0.1) is 0 Å². The lowest BCUT2D eigenvalue weighted by molar-refractivity contribution is 0.160. The number of hydrogen-bond acceptors (Lipinski definition) is 2. The van der Waals surface area contributed by atoms with Gasteiger partial charge in [-0.1, -0.05) is 40.4 Å². The van der Waals surface area contributed by atoms with Crippen LogP contribution in [0.4, 0.5) is 0 Å². The third kappa shape index (κ3) is 3.52. The highest BCUT2D eigenvalue weighted by Gasteiger charge is 2.31. The van der Waals surface area contributed by atoms with Gasteiger partial charge in [0.1, 0.15) is 0 Å². The fourth-order valence-corrected chi connectivity index (χ4v) is 3.60. The summed E-state index contributed by atoms with van der Waals surface area (Å²) >= 11 is 9.91. The number of nitrogens with zero attached hydrogens (tertiary/aromatic N) is 1. The predicted molar refractivity (Wildman–Crippen MR) is 83.7 cm³/mol. The SMILES string of the molecule is Clc1ccc(Br)c([C@H](CC2CC2)N2CCNCC2)c1. The molecule has 0 amide bonds. The van der Waals surface area contributed by atoms with Crippen molar-refractivity contribution in [3.8, 4) is 0 Å². The first-order valence-electron chi connectivity index (χ1n) is 7.14. The zero-order valence-electron chi connectivity index (χ0n) is 11.0. The zero-order valence-corrected chi connectivity index (χ0v) is 13.4. The maximum absolute atomic E-state index is 6.20. The summed E-state index contributed by atoms with van der Waals surface area (Å²) in [5.74, 6) is 0.922. The van der Waals surface area contributed by atoms with Gasteiger partial charge in [-0.25, -0.2) is 0 Å². The molecule has 0 radical (unpaired) electrons. The molecule has 104 valence electrons. The molecular formula is C15H20BrClN2. The van der Waals surface area contributed by atoms with E-state index in [1.54, 1.807) is 0 Å². The minimum absolute atomic E-state index is 0.516. The summed E-state index contributed by atoms with van der Waals surface area (Å²) in [5.41, 5.74) is 1.36. The standard InChI is InChI=1S/C15H20BrClN2/c16-14-4-3-12(17)10-13(14)15(9-11-1-2-11)19-7-5-18-6-8-19/h3-4,10-11,15,18H,1-2,5-9H2/t15-/m0/s1. The van der Waals surface area contributed by atoms with Gasteiger partial charge in [0.25, 0.3) is 0 Å². The molecule has 0 spiro atoms. The molecule has 19 heavy (non-hydrogen) atoms. The van der Waals surface area contributed by atoms with Crippen molar-refractivity contribution in [3.63, 3.8) is 0 Å². The van der Waals surface area contributed by atoms with Gasteiger partial charge >= 0.3 is 0 Å². The third-order valence-electron chi connectivity index (χ3n) is 4.16. The highest BCUT2D eigenvalue weighted by molar-refractivity contribution is 9.10. The van der Waals surface area contributed by atoms with Crippen molar-refractivity contribution in [3.05, 3.63) is 33.3 Å². The van der Waals surface area contributed by atoms with Crippen LogP contribution in [0.2, 0.25) is 5.02 Å². The molecule has 1 heterocycles. The van der Waals surface area contributed by atoms with Gasteiger partial charge in [0.15, 0.2) is 0 Å². The van der Waals surface area contributed by atoms with E-state index in [1.165, 1.54) is 29.3 Å². The quantitative estimate of drug-likeness (QED) is 0.893. The van der Waals surface area contributed by atoms with E-state index in [0.29, 0.717) is 6.04 Å². The fourth-order valence-electron chi connectivity index (χ4n) is 2.91. The second kappa shape index (κ2) is 6.13. The first-order chi connectivity index (χ1) is 9.24. The van der Waals surface area contributed by atoms with Crippen molar-refractivity contribution in [1.82, 2.24) is 10.2 Å². The summed E-state index contributed by atoms with van der Waals surface area (Å²) in [4.78, 5) is 2.62. The normalized spacial score (nSPS) is 22.4. The van der Waals surface area contributed by atoms with E-state index >= 15 is 0 Å². The highest BCUT2D eigenvalue weighted by atomic mass is 79.9. The van der Waals surface area contributed by atoms with E-state index in [-0.39, 0.29) is 0 Å². The number of rotatable bonds is 4. The Kier molecular flexibility index (Phi) is 4.47. The first-order valence-corrected chi connectivity index (χ1v) is 8.31. The van der Waals surface area contributed by atoms with Crippen LogP contribution in [0.25, 0.3) is 0 Å². The van der Waals surface area contributed by atoms with Crippen LogP contribution < -0.4 is 5.32 Å². The average molecular weight is 344 g/mol. The van der Waals surface area contributed by atoms with Gasteiger partial charge in [-0.15, -0.1) is 0 Å². The summed E-state index contributed by atoms with van der Waals surface area (Å²) in [5, 5.41) is 4.28. The molecule has 1 saturated heterocycles. The van der Waals surface area contributed by atoms with Gasteiger partial charge in [0, 0.05) is 41.7 Å².